The predicted molar refractivity (Wildman–Crippen MR) is 106 cm³/mol. The van der Waals surface area contributed by atoms with Crippen LogP contribution in [0.5, 0.6) is 0 Å². The molecule has 2 aromatic rings. The van der Waals surface area contributed by atoms with Gasteiger partial charge in [-0.2, -0.15) is 0 Å². The molecule has 2 atom stereocenters. The minimum absolute atomic E-state index is 0.0597. The van der Waals surface area contributed by atoms with Gasteiger partial charge in [-0.05, 0) is 30.0 Å². The van der Waals surface area contributed by atoms with E-state index in [1.165, 1.54) is 6.20 Å². The fourth-order valence-electron chi connectivity index (χ4n) is 4.64. The van der Waals surface area contributed by atoms with Crippen molar-refractivity contribution in [2.24, 2.45) is 0 Å². The monoisotopic (exact) mass is 426 g/mol. The third-order valence-electron chi connectivity index (χ3n) is 6.40. The fraction of sp³-hybridized carbons (Fsp3) is 0.381. The summed E-state index contributed by atoms with van der Waals surface area (Å²) >= 11 is -2.31. The molecule has 0 bridgehead atoms. The summed E-state index contributed by atoms with van der Waals surface area (Å²) in [6, 6.07) is 9.30. The minimum atomic E-state index is -2.31. The van der Waals surface area contributed by atoms with Crippen LogP contribution >= 0.6 is 0 Å². The highest BCUT2D eigenvalue weighted by Gasteiger charge is 2.57. The van der Waals surface area contributed by atoms with Crippen molar-refractivity contribution in [1.29, 1.82) is 0 Å². The first-order valence-corrected chi connectivity index (χ1v) is 10.9. The Hall–Kier alpha value is -2.62. The Labute approximate surface area is 176 Å². The molecule has 0 radical (unpaired) electrons. The molecule has 1 amide bonds. The lowest BCUT2D eigenvalue weighted by Gasteiger charge is -2.27. The number of rotatable bonds is 5. The van der Waals surface area contributed by atoms with Gasteiger partial charge in [-0.15, -0.1) is 0 Å². The molecule has 2 fully saturated rings. The van der Waals surface area contributed by atoms with Gasteiger partial charge in [0.05, 0.1) is 17.5 Å². The number of hydrogen-bond acceptors (Lipinski definition) is 6. The standard InChI is InChI=1S/C21H21N3O5S/c25-18-16-12-22-9-5-17(16)21(29-18)8-10-24(13-21)19(26)20(6-7-20)15-3-1-14(2-4-15)11-23-30(27)28/h1-5,9,12,23H,6-8,10-11,13H2,(H,27,28)/p-1. The van der Waals surface area contributed by atoms with Gasteiger partial charge in [-0.1, -0.05) is 24.3 Å². The van der Waals surface area contributed by atoms with Crippen LogP contribution in [0.1, 0.15) is 46.3 Å². The highest BCUT2D eigenvalue weighted by molar-refractivity contribution is 7.77. The molecular weight excluding hydrogens is 406 g/mol. The van der Waals surface area contributed by atoms with E-state index in [4.69, 9.17) is 4.74 Å². The summed E-state index contributed by atoms with van der Waals surface area (Å²) < 4.78 is 29.4. The predicted octanol–water partition coefficient (Wildman–Crippen LogP) is 1.30. The maximum absolute atomic E-state index is 13.4. The second-order valence-electron chi connectivity index (χ2n) is 8.12. The first-order valence-electron chi connectivity index (χ1n) is 9.83. The van der Waals surface area contributed by atoms with Crippen molar-refractivity contribution in [3.63, 3.8) is 0 Å². The summed E-state index contributed by atoms with van der Waals surface area (Å²) in [5, 5.41) is 0. The highest BCUT2D eigenvalue weighted by Crippen LogP contribution is 2.52. The number of carbonyl (C=O) groups excluding carboxylic acids is 2. The van der Waals surface area contributed by atoms with Crippen molar-refractivity contribution < 1.29 is 23.1 Å². The lowest BCUT2D eigenvalue weighted by atomic mass is 9.92. The lowest BCUT2D eigenvalue weighted by Crippen LogP contribution is -2.40. The Kier molecular flexibility index (Phi) is 4.49. The molecule has 1 spiro atoms. The summed E-state index contributed by atoms with van der Waals surface area (Å²) in [5.74, 6) is -0.318. The van der Waals surface area contributed by atoms with Gasteiger partial charge in [0, 0.05) is 48.7 Å². The molecule has 3 aliphatic rings. The summed E-state index contributed by atoms with van der Waals surface area (Å²) in [6.07, 6.45) is 5.30. The van der Waals surface area contributed by atoms with Crippen LogP contribution < -0.4 is 4.72 Å². The molecule has 2 aliphatic heterocycles. The van der Waals surface area contributed by atoms with Crippen molar-refractivity contribution in [2.75, 3.05) is 13.1 Å². The van der Waals surface area contributed by atoms with Crippen LogP contribution in [0.25, 0.3) is 0 Å². The first kappa shape index (κ1) is 19.3. The third kappa shape index (κ3) is 3.05. The molecule has 2 unspecified atom stereocenters. The summed E-state index contributed by atoms with van der Waals surface area (Å²) in [4.78, 5) is 31.5. The zero-order valence-electron chi connectivity index (χ0n) is 16.1. The van der Waals surface area contributed by atoms with Crippen LogP contribution in [0, 0.1) is 0 Å². The smallest absolute Gasteiger partial charge is 0.341 e. The number of benzene rings is 1. The van der Waals surface area contributed by atoms with Crippen LogP contribution in [0.3, 0.4) is 0 Å². The SMILES string of the molecule is O=C1OC2(CCN(C(=O)C3(c4ccc(CNS(=O)[O-])cc4)CC3)C2)c2ccncc21. The van der Waals surface area contributed by atoms with E-state index in [1.54, 1.807) is 6.20 Å². The van der Waals surface area contributed by atoms with E-state index in [-0.39, 0.29) is 18.4 Å². The van der Waals surface area contributed by atoms with Gasteiger partial charge in [0.15, 0.2) is 5.60 Å². The van der Waals surface area contributed by atoms with Crippen molar-refractivity contribution in [3.05, 3.63) is 65.0 Å². The van der Waals surface area contributed by atoms with Crippen LogP contribution in [0.15, 0.2) is 42.7 Å². The number of hydrogen-bond donors (Lipinski definition) is 1. The van der Waals surface area contributed by atoms with E-state index in [9.17, 15) is 18.4 Å². The molecule has 1 saturated carbocycles. The number of aromatic nitrogens is 1. The second-order valence-corrected chi connectivity index (χ2v) is 8.87. The maximum atomic E-state index is 13.4. The zero-order chi connectivity index (χ0) is 20.9. The van der Waals surface area contributed by atoms with Crippen LogP contribution in [0.2, 0.25) is 0 Å². The summed E-state index contributed by atoms with van der Waals surface area (Å²) in [5.41, 5.74) is 1.75. The molecule has 9 heteroatoms. The quantitative estimate of drug-likeness (QED) is 0.570. The third-order valence-corrected chi connectivity index (χ3v) is 6.78. The topological polar surface area (TPSA) is 112 Å². The van der Waals surface area contributed by atoms with Crippen LogP contribution in [0.4, 0.5) is 0 Å². The number of esters is 1. The van der Waals surface area contributed by atoms with Crippen LogP contribution in [-0.2, 0) is 38.4 Å². The number of likely N-dealkylation sites (tertiary alicyclic amines) is 1. The number of nitrogens with zero attached hydrogens (tertiary/aromatic N) is 2. The summed E-state index contributed by atoms with van der Waals surface area (Å²) in [6.45, 7) is 1.10. The van der Waals surface area contributed by atoms with Gasteiger partial charge in [-0.3, -0.25) is 14.0 Å². The van der Waals surface area contributed by atoms with Gasteiger partial charge >= 0.3 is 5.97 Å². The Morgan fingerprint density at radius 3 is 2.70 bits per heavy atom. The largest absolute Gasteiger partial charge is 0.760 e. The Morgan fingerprint density at radius 1 is 1.23 bits per heavy atom. The van der Waals surface area contributed by atoms with E-state index < -0.39 is 22.3 Å². The average molecular weight is 426 g/mol. The number of pyridine rings is 1. The number of amides is 1. The molecule has 5 rings (SSSR count). The Morgan fingerprint density at radius 2 is 2.00 bits per heavy atom. The minimum Gasteiger partial charge on any atom is -0.760 e. The van der Waals surface area contributed by atoms with Crippen molar-refractivity contribution in [3.8, 4) is 0 Å². The van der Waals surface area contributed by atoms with Gasteiger partial charge in [0.1, 0.15) is 0 Å². The highest BCUT2D eigenvalue weighted by atomic mass is 32.2. The summed E-state index contributed by atoms with van der Waals surface area (Å²) in [7, 11) is 0. The normalized spacial score (nSPS) is 24.6. The van der Waals surface area contributed by atoms with E-state index in [0.29, 0.717) is 25.1 Å². The van der Waals surface area contributed by atoms with Gasteiger partial charge in [0.25, 0.3) is 0 Å². The second kappa shape index (κ2) is 6.97. The van der Waals surface area contributed by atoms with E-state index in [0.717, 1.165) is 29.5 Å². The van der Waals surface area contributed by atoms with Gasteiger partial charge in [-0.25, -0.2) is 9.52 Å². The van der Waals surface area contributed by atoms with Crippen LogP contribution in [-0.4, -0.2) is 43.6 Å². The molecule has 3 heterocycles. The van der Waals surface area contributed by atoms with Crippen molar-refractivity contribution in [2.45, 2.75) is 36.8 Å². The first-order chi connectivity index (χ1) is 14.4. The Balaban J connectivity index is 1.34. The molecule has 1 saturated heterocycles. The van der Waals surface area contributed by atoms with Gasteiger partial charge in [0.2, 0.25) is 5.91 Å². The molecule has 156 valence electrons. The fourth-order valence-corrected chi connectivity index (χ4v) is 4.92. The van der Waals surface area contributed by atoms with Gasteiger partial charge < -0.3 is 14.2 Å². The molecule has 30 heavy (non-hydrogen) atoms. The number of carbonyl (C=O) groups is 2. The lowest BCUT2D eigenvalue weighted by molar-refractivity contribution is -0.134. The number of fused-ring (bicyclic) bond motifs is 2. The molecular formula is C21H20N3O5S-. The average Bonchev–Trinajstić information content (AvgIpc) is 3.39. The maximum Gasteiger partial charge on any atom is 0.341 e. The Bertz CT molecular complexity index is 1050. The number of ether oxygens (including phenoxy) is 1. The molecule has 1 N–H and O–H groups in total. The molecule has 1 aromatic carbocycles. The van der Waals surface area contributed by atoms with Crippen molar-refractivity contribution in [1.82, 2.24) is 14.6 Å². The molecule has 1 aliphatic carbocycles. The van der Waals surface area contributed by atoms with E-state index in [2.05, 4.69) is 9.71 Å². The van der Waals surface area contributed by atoms with E-state index >= 15 is 0 Å². The zero-order valence-corrected chi connectivity index (χ0v) is 16.9. The number of nitrogens with one attached hydrogen (secondary N) is 1. The van der Waals surface area contributed by atoms with Crippen molar-refractivity contribution >= 4 is 23.1 Å². The molecule has 8 nitrogen and oxygen atoms in total. The molecule has 1 aromatic heterocycles. The van der Waals surface area contributed by atoms with E-state index in [1.807, 2.05) is 35.2 Å².